The van der Waals surface area contributed by atoms with Gasteiger partial charge in [-0.3, -0.25) is 9.89 Å². The fourth-order valence-corrected chi connectivity index (χ4v) is 1.99. The molecule has 0 atom stereocenters. The fraction of sp³-hybridized carbons (Fsp3) is 0.600. The number of hydrogen-bond donors (Lipinski definition) is 2. The van der Waals surface area contributed by atoms with Gasteiger partial charge in [-0.25, -0.2) is 0 Å². The predicted octanol–water partition coefficient (Wildman–Crippen LogP) is 0.219. The highest BCUT2D eigenvalue weighted by atomic mass is 16.2. The second-order valence-corrected chi connectivity index (χ2v) is 4.25. The summed E-state index contributed by atoms with van der Waals surface area (Å²) in [6.07, 6.45) is 3.64. The molecule has 1 aromatic heterocycles. The van der Waals surface area contributed by atoms with Crippen molar-refractivity contribution in [3.63, 3.8) is 0 Å². The molecule has 1 amide bonds. The molecule has 1 aliphatic carbocycles. The highest BCUT2D eigenvalue weighted by Gasteiger charge is 2.28. The van der Waals surface area contributed by atoms with E-state index in [-0.39, 0.29) is 5.91 Å². The molecule has 0 spiro atoms. The third-order valence-electron chi connectivity index (χ3n) is 2.88. The topological polar surface area (TPSA) is 75.0 Å². The van der Waals surface area contributed by atoms with Crippen LogP contribution >= 0.6 is 0 Å². The quantitative estimate of drug-likeness (QED) is 0.746. The molecule has 0 saturated heterocycles. The van der Waals surface area contributed by atoms with Crippen LogP contribution in [0.5, 0.6) is 0 Å². The van der Waals surface area contributed by atoms with E-state index in [0.29, 0.717) is 17.7 Å². The number of aromatic nitrogens is 2. The van der Waals surface area contributed by atoms with Crippen LogP contribution in [0.1, 0.15) is 23.3 Å². The van der Waals surface area contributed by atoms with Gasteiger partial charge in [-0.1, -0.05) is 0 Å². The third kappa shape index (κ3) is 2.18. The Morgan fingerprint density at radius 1 is 1.73 bits per heavy atom. The molecule has 1 saturated carbocycles. The molecule has 15 heavy (non-hydrogen) atoms. The van der Waals surface area contributed by atoms with E-state index in [9.17, 15) is 4.79 Å². The summed E-state index contributed by atoms with van der Waals surface area (Å²) in [7, 11) is 1.81. The lowest BCUT2D eigenvalue weighted by Crippen LogP contribution is -2.43. The largest absolute Gasteiger partial charge is 0.340 e. The minimum absolute atomic E-state index is 0.00651. The van der Waals surface area contributed by atoms with Gasteiger partial charge in [0.1, 0.15) is 5.69 Å². The first-order valence-corrected chi connectivity index (χ1v) is 5.17. The van der Waals surface area contributed by atoms with Crippen LogP contribution in [-0.4, -0.2) is 40.6 Å². The molecule has 1 heterocycles. The molecular formula is C10H16N4O. The Balaban J connectivity index is 1.86. The van der Waals surface area contributed by atoms with E-state index in [0.717, 1.165) is 19.4 Å². The molecule has 82 valence electrons. The van der Waals surface area contributed by atoms with Gasteiger partial charge in [0.05, 0.1) is 0 Å². The maximum absolute atomic E-state index is 11.8. The standard InChI is InChI=1S/C10H16N4O/c1-14(6-7-4-8(11)5-7)10(15)9-2-3-12-13-9/h2-3,7-8H,4-6,11H2,1H3,(H,12,13). The van der Waals surface area contributed by atoms with Crippen molar-refractivity contribution in [2.75, 3.05) is 13.6 Å². The van der Waals surface area contributed by atoms with Crippen molar-refractivity contribution in [3.8, 4) is 0 Å². The monoisotopic (exact) mass is 208 g/mol. The average molecular weight is 208 g/mol. The molecule has 0 bridgehead atoms. The van der Waals surface area contributed by atoms with Crippen LogP contribution in [-0.2, 0) is 0 Å². The van der Waals surface area contributed by atoms with Gasteiger partial charge in [-0.2, -0.15) is 5.10 Å². The van der Waals surface area contributed by atoms with E-state index in [4.69, 9.17) is 5.73 Å². The minimum Gasteiger partial charge on any atom is -0.340 e. The van der Waals surface area contributed by atoms with E-state index >= 15 is 0 Å². The molecular weight excluding hydrogens is 192 g/mol. The summed E-state index contributed by atoms with van der Waals surface area (Å²) >= 11 is 0. The van der Waals surface area contributed by atoms with Crippen LogP contribution in [0.15, 0.2) is 12.3 Å². The van der Waals surface area contributed by atoms with Gasteiger partial charge in [-0.15, -0.1) is 0 Å². The molecule has 0 radical (unpaired) electrons. The van der Waals surface area contributed by atoms with Crippen molar-refractivity contribution < 1.29 is 4.79 Å². The van der Waals surface area contributed by atoms with E-state index < -0.39 is 0 Å². The van der Waals surface area contributed by atoms with Crippen molar-refractivity contribution >= 4 is 5.91 Å². The zero-order chi connectivity index (χ0) is 10.8. The second kappa shape index (κ2) is 4.02. The van der Waals surface area contributed by atoms with Gasteiger partial charge in [-0.05, 0) is 24.8 Å². The summed E-state index contributed by atoms with van der Waals surface area (Å²) < 4.78 is 0. The first-order valence-electron chi connectivity index (χ1n) is 5.17. The summed E-state index contributed by atoms with van der Waals surface area (Å²) in [5.74, 6) is 0.560. The minimum atomic E-state index is -0.00651. The number of carbonyl (C=O) groups is 1. The number of aromatic amines is 1. The van der Waals surface area contributed by atoms with Crippen LogP contribution in [0.4, 0.5) is 0 Å². The molecule has 5 heteroatoms. The summed E-state index contributed by atoms with van der Waals surface area (Å²) in [6, 6.07) is 2.02. The number of nitrogens with one attached hydrogen (secondary N) is 1. The van der Waals surface area contributed by atoms with Crippen molar-refractivity contribution in [3.05, 3.63) is 18.0 Å². The van der Waals surface area contributed by atoms with Crippen molar-refractivity contribution in [2.24, 2.45) is 11.7 Å². The van der Waals surface area contributed by atoms with Crippen LogP contribution < -0.4 is 5.73 Å². The highest BCUT2D eigenvalue weighted by molar-refractivity contribution is 5.91. The molecule has 1 fully saturated rings. The molecule has 1 aliphatic rings. The molecule has 2 rings (SSSR count). The summed E-state index contributed by atoms with van der Waals surface area (Å²) in [5.41, 5.74) is 6.24. The molecule has 1 aromatic rings. The van der Waals surface area contributed by atoms with Crippen LogP contribution in [0, 0.1) is 5.92 Å². The Morgan fingerprint density at radius 3 is 3.00 bits per heavy atom. The fourth-order valence-electron chi connectivity index (χ4n) is 1.99. The Labute approximate surface area is 88.6 Å². The Morgan fingerprint density at radius 2 is 2.47 bits per heavy atom. The van der Waals surface area contributed by atoms with Gasteiger partial charge in [0, 0.05) is 25.8 Å². The predicted molar refractivity (Wildman–Crippen MR) is 56.2 cm³/mol. The number of carbonyl (C=O) groups excluding carboxylic acids is 1. The molecule has 3 N–H and O–H groups in total. The normalized spacial score (nSPS) is 24.7. The van der Waals surface area contributed by atoms with Crippen LogP contribution in [0.25, 0.3) is 0 Å². The Kier molecular flexibility index (Phi) is 2.73. The SMILES string of the molecule is CN(CC1CC(N)C1)C(=O)c1ccn[nH]1. The van der Waals surface area contributed by atoms with Gasteiger partial charge < -0.3 is 10.6 Å². The molecule has 0 aromatic carbocycles. The second-order valence-electron chi connectivity index (χ2n) is 4.25. The zero-order valence-electron chi connectivity index (χ0n) is 8.81. The molecule has 0 unspecified atom stereocenters. The zero-order valence-corrected chi connectivity index (χ0v) is 8.81. The third-order valence-corrected chi connectivity index (χ3v) is 2.88. The Bertz CT molecular complexity index is 329. The van der Waals surface area contributed by atoms with Gasteiger partial charge in [0.15, 0.2) is 0 Å². The smallest absolute Gasteiger partial charge is 0.271 e. The van der Waals surface area contributed by atoms with E-state index in [1.165, 1.54) is 0 Å². The number of H-pyrrole nitrogens is 1. The van der Waals surface area contributed by atoms with Gasteiger partial charge >= 0.3 is 0 Å². The van der Waals surface area contributed by atoms with Crippen LogP contribution in [0.3, 0.4) is 0 Å². The number of nitrogens with zero attached hydrogens (tertiary/aromatic N) is 2. The van der Waals surface area contributed by atoms with E-state index in [1.54, 1.807) is 17.2 Å². The Hall–Kier alpha value is -1.36. The summed E-state index contributed by atoms with van der Waals surface area (Å²) in [6.45, 7) is 0.783. The first kappa shape index (κ1) is 10.2. The number of amides is 1. The van der Waals surface area contributed by atoms with Crippen LogP contribution in [0.2, 0.25) is 0 Å². The number of nitrogens with two attached hydrogens (primary N) is 1. The maximum atomic E-state index is 11.8. The van der Waals surface area contributed by atoms with E-state index in [1.807, 2.05) is 7.05 Å². The first-order chi connectivity index (χ1) is 7.16. The summed E-state index contributed by atoms with van der Waals surface area (Å²) in [5, 5.41) is 6.43. The number of hydrogen-bond acceptors (Lipinski definition) is 3. The molecule has 0 aliphatic heterocycles. The lowest BCUT2D eigenvalue weighted by Gasteiger charge is -2.35. The summed E-state index contributed by atoms with van der Waals surface area (Å²) in [4.78, 5) is 13.5. The van der Waals surface area contributed by atoms with E-state index in [2.05, 4.69) is 10.2 Å². The van der Waals surface area contributed by atoms with Crippen molar-refractivity contribution in [2.45, 2.75) is 18.9 Å². The lowest BCUT2D eigenvalue weighted by molar-refractivity contribution is 0.0728. The van der Waals surface area contributed by atoms with Crippen molar-refractivity contribution in [1.29, 1.82) is 0 Å². The van der Waals surface area contributed by atoms with Crippen molar-refractivity contribution in [1.82, 2.24) is 15.1 Å². The van der Waals surface area contributed by atoms with Gasteiger partial charge in [0.25, 0.3) is 5.91 Å². The number of rotatable bonds is 3. The maximum Gasteiger partial charge on any atom is 0.271 e. The van der Waals surface area contributed by atoms with Gasteiger partial charge in [0.2, 0.25) is 0 Å². The molecule has 5 nitrogen and oxygen atoms in total. The lowest BCUT2D eigenvalue weighted by atomic mass is 9.80. The highest BCUT2D eigenvalue weighted by Crippen LogP contribution is 2.26. The average Bonchev–Trinajstić information content (AvgIpc) is 2.66.